The number of sulfonamides is 1. The van der Waals surface area contributed by atoms with Crippen molar-refractivity contribution in [2.75, 3.05) is 24.1 Å². The van der Waals surface area contributed by atoms with Gasteiger partial charge in [-0.25, -0.2) is 8.42 Å². The van der Waals surface area contributed by atoms with Gasteiger partial charge in [0, 0.05) is 17.8 Å². The number of nitrogens with one attached hydrogen (secondary N) is 1. The number of benzene rings is 2. The van der Waals surface area contributed by atoms with Gasteiger partial charge in [0.15, 0.2) is 0 Å². The molecule has 0 aromatic heterocycles. The molecule has 2 aromatic rings. The van der Waals surface area contributed by atoms with E-state index in [1.807, 2.05) is 36.1 Å². The Morgan fingerprint density at radius 2 is 1.81 bits per heavy atom. The Morgan fingerprint density at radius 1 is 1.15 bits per heavy atom. The molecule has 7 heteroatoms. The van der Waals surface area contributed by atoms with Crippen molar-refractivity contribution in [1.29, 1.82) is 0 Å². The first-order chi connectivity index (χ1) is 12.9. The molecular weight excluding hydrogens is 364 g/mol. The van der Waals surface area contributed by atoms with Gasteiger partial charge in [0.2, 0.25) is 10.0 Å². The molecule has 0 radical (unpaired) electrons. The van der Waals surface area contributed by atoms with Gasteiger partial charge < -0.3 is 9.64 Å². The molecule has 0 spiro atoms. The van der Waals surface area contributed by atoms with Crippen molar-refractivity contribution in [3.05, 3.63) is 59.7 Å². The molecule has 1 saturated heterocycles. The first kappa shape index (κ1) is 19.2. The summed E-state index contributed by atoms with van der Waals surface area (Å²) in [4.78, 5) is 14.8. The SMILES string of the molecule is CCOc1ccc(C2CCCN2C(=O)c2ccc(NS(C)(=O)=O)cc2)cc1. The lowest BCUT2D eigenvalue weighted by atomic mass is 10.0. The normalized spacial score (nSPS) is 17.0. The highest BCUT2D eigenvalue weighted by Gasteiger charge is 2.30. The van der Waals surface area contributed by atoms with Crippen LogP contribution in [0.1, 0.15) is 41.7 Å². The van der Waals surface area contributed by atoms with E-state index in [1.54, 1.807) is 24.3 Å². The number of ether oxygens (including phenoxy) is 1. The lowest BCUT2D eigenvalue weighted by Gasteiger charge is -2.25. The predicted octanol–water partition coefficient (Wildman–Crippen LogP) is 3.43. The second kappa shape index (κ2) is 8.00. The van der Waals surface area contributed by atoms with E-state index in [9.17, 15) is 13.2 Å². The van der Waals surface area contributed by atoms with Gasteiger partial charge in [0.25, 0.3) is 5.91 Å². The van der Waals surface area contributed by atoms with Crippen LogP contribution in [0.3, 0.4) is 0 Å². The van der Waals surface area contributed by atoms with E-state index < -0.39 is 10.0 Å². The molecule has 0 aliphatic carbocycles. The highest BCUT2D eigenvalue weighted by atomic mass is 32.2. The second-order valence-corrected chi connectivity index (χ2v) is 8.36. The van der Waals surface area contributed by atoms with Crippen LogP contribution in [0.5, 0.6) is 5.75 Å². The Hall–Kier alpha value is -2.54. The van der Waals surface area contributed by atoms with Crippen LogP contribution < -0.4 is 9.46 Å². The first-order valence-corrected chi connectivity index (χ1v) is 10.9. The summed E-state index contributed by atoms with van der Waals surface area (Å²) in [7, 11) is -3.33. The average molecular weight is 388 g/mol. The van der Waals surface area contributed by atoms with Crippen LogP contribution in [-0.4, -0.2) is 38.6 Å². The summed E-state index contributed by atoms with van der Waals surface area (Å²) in [6.07, 6.45) is 2.97. The van der Waals surface area contributed by atoms with Gasteiger partial charge >= 0.3 is 0 Å². The zero-order valence-corrected chi connectivity index (χ0v) is 16.3. The zero-order chi connectivity index (χ0) is 19.4. The molecule has 1 amide bonds. The number of amides is 1. The van der Waals surface area contributed by atoms with Gasteiger partial charge in [-0.3, -0.25) is 9.52 Å². The topological polar surface area (TPSA) is 75.7 Å². The minimum atomic E-state index is -3.33. The minimum Gasteiger partial charge on any atom is -0.494 e. The fourth-order valence-corrected chi connectivity index (χ4v) is 3.93. The van der Waals surface area contributed by atoms with Gasteiger partial charge in [0.05, 0.1) is 18.9 Å². The predicted molar refractivity (Wildman–Crippen MR) is 106 cm³/mol. The quantitative estimate of drug-likeness (QED) is 0.823. The number of hydrogen-bond acceptors (Lipinski definition) is 4. The summed E-state index contributed by atoms with van der Waals surface area (Å²) < 4.78 is 30.5. The second-order valence-electron chi connectivity index (χ2n) is 6.61. The average Bonchev–Trinajstić information content (AvgIpc) is 3.11. The monoisotopic (exact) mass is 388 g/mol. The largest absolute Gasteiger partial charge is 0.494 e. The molecule has 0 saturated carbocycles. The molecule has 6 nitrogen and oxygen atoms in total. The first-order valence-electron chi connectivity index (χ1n) is 8.99. The number of carbonyl (C=O) groups is 1. The molecule has 1 N–H and O–H groups in total. The van der Waals surface area contributed by atoms with E-state index >= 15 is 0 Å². The number of rotatable bonds is 6. The van der Waals surface area contributed by atoms with E-state index in [1.165, 1.54) is 0 Å². The van der Waals surface area contributed by atoms with Gasteiger partial charge in [-0.05, 0) is 61.7 Å². The third-order valence-electron chi connectivity index (χ3n) is 4.52. The molecule has 144 valence electrons. The van der Waals surface area contributed by atoms with Crippen molar-refractivity contribution in [2.45, 2.75) is 25.8 Å². The molecule has 1 fully saturated rings. The maximum absolute atomic E-state index is 13.0. The van der Waals surface area contributed by atoms with E-state index in [-0.39, 0.29) is 11.9 Å². The number of carbonyl (C=O) groups excluding carboxylic acids is 1. The van der Waals surface area contributed by atoms with E-state index in [4.69, 9.17) is 4.74 Å². The molecule has 1 unspecified atom stereocenters. The summed E-state index contributed by atoms with van der Waals surface area (Å²) in [5, 5.41) is 0. The Balaban J connectivity index is 1.75. The highest BCUT2D eigenvalue weighted by Crippen LogP contribution is 2.34. The molecule has 1 aliphatic rings. The molecule has 2 aromatic carbocycles. The van der Waals surface area contributed by atoms with Crippen LogP contribution >= 0.6 is 0 Å². The summed E-state index contributed by atoms with van der Waals surface area (Å²) >= 11 is 0. The molecule has 1 atom stereocenters. The van der Waals surface area contributed by atoms with Crippen molar-refractivity contribution in [3.8, 4) is 5.75 Å². The fraction of sp³-hybridized carbons (Fsp3) is 0.350. The van der Waals surface area contributed by atoms with Crippen LogP contribution in [0, 0.1) is 0 Å². The number of anilines is 1. The minimum absolute atomic E-state index is 0.0435. The lowest BCUT2D eigenvalue weighted by Crippen LogP contribution is -2.30. The molecule has 0 bridgehead atoms. The Kier molecular flexibility index (Phi) is 5.70. The Morgan fingerprint density at radius 3 is 2.41 bits per heavy atom. The standard InChI is InChI=1S/C20H24N2O4S/c1-3-26-18-12-8-15(9-13-18)19-5-4-14-22(19)20(23)16-6-10-17(11-7-16)21-27(2,24)25/h6-13,19,21H,3-5,14H2,1-2H3. The van der Waals surface area contributed by atoms with Gasteiger partial charge in [-0.1, -0.05) is 12.1 Å². The zero-order valence-electron chi connectivity index (χ0n) is 15.5. The maximum Gasteiger partial charge on any atom is 0.254 e. The van der Waals surface area contributed by atoms with Crippen molar-refractivity contribution < 1.29 is 17.9 Å². The van der Waals surface area contributed by atoms with Gasteiger partial charge in [0.1, 0.15) is 5.75 Å². The highest BCUT2D eigenvalue weighted by molar-refractivity contribution is 7.92. The van der Waals surface area contributed by atoms with Crippen LogP contribution in [0.25, 0.3) is 0 Å². The fourth-order valence-electron chi connectivity index (χ4n) is 3.37. The third-order valence-corrected chi connectivity index (χ3v) is 5.13. The van der Waals surface area contributed by atoms with Crippen molar-refractivity contribution in [1.82, 2.24) is 4.90 Å². The Bertz CT molecular complexity index is 893. The third kappa shape index (κ3) is 4.80. The van der Waals surface area contributed by atoms with Crippen LogP contribution in [0.15, 0.2) is 48.5 Å². The number of nitrogens with zero attached hydrogens (tertiary/aromatic N) is 1. The summed E-state index contributed by atoms with van der Waals surface area (Å²) in [6.45, 7) is 3.28. The van der Waals surface area contributed by atoms with Crippen molar-refractivity contribution in [2.24, 2.45) is 0 Å². The van der Waals surface area contributed by atoms with Crippen molar-refractivity contribution >= 4 is 21.6 Å². The van der Waals surface area contributed by atoms with Crippen LogP contribution in [-0.2, 0) is 10.0 Å². The molecule has 27 heavy (non-hydrogen) atoms. The van der Waals surface area contributed by atoms with Gasteiger partial charge in [-0.2, -0.15) is 0 Å². The maximum atomic E-state index is 13.0. The van der Waals surface area contributed by atoms with Crippen LogP contribution in [0.2, 0.25) is 0 Å². The number of hydrogen-bond donors (Lipinski definition) is 1. The molecule has 1 heterocycles. The smallest absolute Gasteiger partial charge is 0.254 e. The van der Waals surface area contributed by atoms with Crippen molar-refractivity contribution in [3.63, 3.8) is 0 Å². The lowest BCUT2D eigenvalue weighted by molar-refractivity contribution is 0.0735. The summed E-state index contributed by atoms with van der Waals surface area (Å²) in [5.41, 5.74) is 2.09. The number of likely N-dealkylation sites (tertiary alicyclic amines) is 1. The molecule has 1 aliphatic heterocycles. The van der Waals surface area contributed by atoms with E-state index in [0.29, 0.717) is 24.4 Å². The molecular formula is C20H24N2O4S. The summed E-state index contributed by atoms with van der Waals surface area (Å²) in [6, 6.07) is 14.5. The van der Waals surface area contributed by atoms with Crippen LogP contribution in [0.4, 0.5) is 5.69 Å². The Labute approximate surface area is 160 Å². The molecule has 3 rings (SSSR count). The van der Waals surface area contributed by atoms with Gasteiger partial charge in [-0.15, -0.1) is 0 Å². The van der Waals surface area contributed by atoms with E-state index in [0.717, 1.165) is 30.4 Å². The summed E-state index contributed by atoms with van der Waals surface area (Å²) in [5.74, 6) is 0.781. The van der Waals surface area contributed by atoms with E-state index in [2.05, 4.69) is 4.72 Å².